The van der Waals surface area contributed by atoms with Crippen molar-refractivity contribution in [2.45, 2.75) is 18.9 Å². The fourth-order valence-corrected chi connectivity index (χ4v) is 1.74. The molecule has 0 atom stereocenters. The number of rotatable bonds is 1. The molecule has 0 aliphatic carbocycles. The Morgan fingerprint density at radius 1 is 1.40 bits per heavy atom. The van der Waals surface area contributed by atoms with Crippen LogP contribution in [0.25, 0.3) is 0 Å². The zero-order chi connectivity index (χ0) is 10.7. The number of likely N-dealkylation sites (tertiary alicyclic amines) is 1. The molecule has 84 valence electrons. The number of carbonyl (C=O) groups excluding carboxylic acids is 1. The molecular formula is C10H16N2O3. The first-order valence-electron chi connectivity index (χ1n) is 5.27. The molecule has 1 fully saturated rings. The van der Waals surface area contributed by atoms with Gasteiger partial charge in [-0.05, 0) is 12.8 Å². The van der Waals surface area contributed by atoms with Gasteiger partial charge in [0.1, 0.15) is 19.5 Å². The Kier molecular flexibility index (Phi) is 3.11. The van der Waals surface area contributed by atoms with Gasteiger partial charge in [0, 0.05) is 19.1 Å². The zero-order valence-corrected chi connectivity index (χ0v) is 8.65. The van der Waals surface area contributed by atoms with Crippen molar-refractivity contribution in [2.24, 2.45) is 5.73 Å². The Labute approximate surface area is 88.8 Å². The summed E-state index contributed by atoms with van der Waals surface area (Å²) < 4.78 is 10.3. The van der Waals surface area contributed by atoms with Crippen LogP contribution in [0.1, 0.15) is 12.8 Å². The number of hydrogen-bond donors (Lipinski definition) is 1. The van der Waals surface area contributed by atoms with Crippen molar-refractivity contribution in [1.82, 2.24) is 4.90 Å². The molecule has 5 nitrogen and oxygen atoms in total. The zero-order valence-electron chi connectivity index (χ0n) is 8.65. The number of hydrogen-bond acceptors (Lipinski definition) is 4. The van der Waals surface area contributed by atoms with Crippen LogP contribution >= 0.6 is 0 Å². The van der Waals surface area contributed by atoms with Gasteiger partial charge in [0.25, 0.3) is 5.91 Å². The minimum absolute atomic E-state index is 0.0819. The molecule has 5 heteroatoms. The topological polar surface area (TPSA) is 64.8 Å². The Balaban J connectivity index is 1.92. The van der Waals surface area contributed by atoms with E-state index in [1.807, 2.05) is 0 Å². The number of piperidine rings is 1. The van der Waals surface area contributed by atoms with Gasteiger partial charge in [-0.15, -0.1) is 0 Å². The van der Waals surface area contributed by atoms with Crippen LogP contribution in [0.5, 0.6) is 0 Å². The second-order valence-corrected chi connectivity index (χ2v) is 3.83. The van der Waals surface area contributed by atoms with E-state index >= 15 is 0 Å². The van der Waals surface area contributed by atoms with E-state index in [-0.39, 0.29) is 11.9 Å². The fourth-order valence-electron chi connectivity index (χ4n) is 1.74. The molecule has 0 aromatic rings. The molecule has 2 aliphatic rings. The van der Waals surface area contributed by atoms with E-state index < -0.39 is 0 Å². The normalized spacial score (nSPS) is 22.7. The summed E-state index contributed by atoms with van der Waals surface area (Å²) in [7, 11) is 0. The average Bonchev–Trinajstić information content (AvgIpc) is 2.30. The molecule has 0 aromatic heterocycles. The first-order chi connectivity index (χ1) is 7.27. The predicted molar refractivity (Wildman–Crippen MR) is 53.8 cm³/mol. The van der Waals surface area contributed by atoms with E-state index in [0.29, 0.717) is 32.1 Å². The molecule has 2 N–H and O–H groups in total. The number of ether oxygens (including phenoxy) is 2. The van der Waals surface area contributed by atoms with Gasteiger partial charge in [-0.2, -0.15) is 0 Å². The lowest BCUT2D eigenvalue weighted by molar-refractivity contribution is -0.133. The molecule has 0 bridgehead atoms. The number of nitrogens with two attached hydrogens (primary N) is 1. The van der Waals surface area contributed by atoms with Crippen LogP contribution in [0, 0.1) is 0 Å². The van der Waals surface area contributed by atoms with Gasteiger partial charge in [0.15, 0.2) is 0 Å². The van der Waals surface area contributed by atoms with Crippen LogP contribution in [-0.4, -0.2) is 43.2 Å². The van der Waals surface area contributed by atoms with Gasteiger partial charge < -0.3 is 20.1 Å². The number of nitrogens with zero attached hydrogens (tertiary/aromatic N) is 1. The van der Waals surface area contributed by atoms with Gasteiger partial charge in [0.2, 0.25) is 5.76 Å². The third-order valence-corrected chi connectivity index (χ3v) is 2.69. The monoisotopic (exact) mass is 212 g/mol. The van der Waals surface area contributed by atoms with Gasteiger partial charge in [-0.1, -0.05) is 0 Å². The fraction of sp³-hybridized carbons (Fsp3) is 0.700. The highest BCUT2D eigenvalue weighted by molar-refractivity contribution is 5.91. The van der Waals surface area contributed by atoms with E-state index in [9.17, 15) is 4.79 Å². The summed E-state index contributed by atoms with van der Waals surface area (Å²) in [6, 6.07) is 0.228. The smallest absolute Gasteiger partial charge is 0.292 e. The standard InChI is InChI=1S/C10H16N2O3/c11-8-1-3-12(4-2-8)10(13)9-7-14-5-6-15-9/h7-8H,1-6,11H2. The molecule has 1 saturated heterocycles. The predicted octanol–water partition coefficient (Wildman–Crippen LogP) is -0.176. The molecule has 2 aliphatic heterocycles. The lowest BCUT2D eigenvalue weighted by atomic mass is 10.1. The van der Waals surface area contributed by atoms with Crippen molar-refractivity contribution >= 4 is 5.91 Å². The van der Waals surface area contributed by atoms with Crippen LogP contribution in [0.15, 0.2) is 12.0 Å². The van der Waals surface area contributed by atoms with Crippen LogP contribution in [0.3, 0.4) is 0 Å². The number of amides is 1. The molecule has 0 radical (unpaired) electrons. The second-order valence-electron chi connectivity index (χ2n) is 3.83. The first kappa shape index (κ1) is 10.3. The Morgan fingerprint density at radius 2 is 2.13 bits per heavy atom. The molecular weight excluding hydrogens is 196 g/mol. The highest BCUT2D eigenvalue weighted by atomic mass is 16.6. The van der Waals surface area contributed by atoms with Crippen LogP contribution in [0.4, 0.5) is 0 Å². The summed E-state index contributed by atoms with van der Waals surface area (Å²) in [4.78, 5) is 13.6. The van der Waals surface area contributed by atoms with Crippen molar-refractivity contribution in [1.29, 1.82) is 0 Å². The molecule has 15 heavy (non-hydrogen) atoms. The van der Waals surface area contributed by atoms with Crippen molar-refractivity contribution in [2.75, 3.05) is 26.3 Å². The van der Waals surface area contributed by atoms with Crippen LogP contribution in [0.2, 0.25) is 0 Å². The van der Waals surface area contributed by atoms with Crippen LogP contribution in [-0.2, 0) is 14.3 Å². The summed E-state index contributed by atoms with van der Waals surface area (Å²) in [5.41, 5.74) is 5.77. The Hall–Kier alpha value is -1.23. The van der Waals surface area contributed by atoms with E-state index in [1.54, 1.807) is 4.90 Å². The SMILES string of the molecule is NC1CCN(C(=O)C2=COCCO2)CC1. The van der Waals surface area contributed by atoms with Crippen molar-refractivity contribution in [3.05, 3.63) is 12.0 Å². The summed E-state index contributed by atoms with van der Waals surface area (Å²) in [5.74, 6) is 0.235. The summed E-state index contributed by atoms with van der Waals surface area (Å²) in [5, 5.41) is 0. The van der Waals surface area contributed by atoms with E-state index in [2.05, 4.69) is 0 Å². The molecule has 1 amide bonds. The summed E-state index contributed by atoms with van der Waals surface area (Å²) >= 11 is 0. The average molecular weight is 212 g/mol. The minimum atomic E-state index is -0.0819. The van der Waals surface area contributed by atoms with Crippen molar-refractivity contribution in [3.63, 3.8) is 0 Å². The molecule has 0 unspecified atom stereocenters. The lowest BCUT2D eigenvalue weighted by Crippen LogP contribution is -2.44. The summed E-state index contributed by atoms with van der Waals surface area (Å²) in [6.07, 6.45) is 3.13. The van der Waals surface area contributed by atoms with Crippen molar-refractivity contribution < 1.29 is 14.3 Å². The van der Waals surface area contributed by atoms with Gasteiger partial charge in [0.05, 0.1) is 0 Å². The third-order valence-electron chi connectivity index (χ3n) is 2.69. The molecule has 0 aromatic carbocycles. The number of carbonyl (C=O) groups is 1. The largest absolute Gasteiger partial charge is 0.494 e. The van der Waals surface area contributed by atoms with Crippen LogP contribution < -0.4 is 5.73 Å². The minimum Gasteiger partial charge on any atom is -0.494 e. The first-order valence-corrected chi connectivity index (χ1v) is 5.27. The highest BCUT2D eigenvalue weighted by Gasteiger charge is 2.25. The maximum atomic E-state index is 11.9. The van der Waals surface area contributed by atoms with E-state index in [1.165, 1.54) is 6.26 Å². The Morgan fingerprint density at radius 3 is 2.73 bits per heavy atom. The maximum Gasteiger partial charge on any atom is 0.292 e. The van der Waals surface area contributed by atoms with Crippen molar-refractivity contribution in [3.8, 4) is 0 Å². The third kappa shape index (κ3) is 2.41. The summed E-state index contributed by atoms with van der Waals surface area (Å²) in [6.45, 7) is 2.38. The van der Waals surface area contributed by atoms with Gasteiger partial charge in [-0.3, -0.25) is 4.79 Å². The second kappa shape index (κ2) is 4.53. The lowest BCUT2D eigenvalue weighted by Gasteiger charge is -2.31. The van der Waals surface area contributed by atoms with Gasteiger partial charge >= 0.3 is 0 Å². The van der Waals surface area contributed by atoms with Gasteiger partial charge in [-0.25, -0.2) is 0 Å². The molecule has 0 spiro atoms. The highest BCUT2D eigenvalue weighted by Crippen LogP contribution is 2.14. The maximum absolute atomic E-state index is 11.9. The quantitative estimate of drug-likeness (QED) is 0.655. The molecule has 2 heterocycles. The molecule has 2 rings (SSSR count). The molecule has 0 saturated carbocycles. The van der Waals surface area contributed by atoms with E-state index in [4.69, 9.17) is 15.2 Å². The Bertz CT molecular complexity index is 270. The van der Waals surface area contributed by atoms with E-state index in [0.717, 1.165) is 12.8 Å².